The number of rotatable bonds is 5. The Labute approximate surface area is 150 Å². The van der Waals surface area contributed by atoms with Crippen LogP contribution in [0.2, 0.25) is 5.02 Å². The Morgan fingerprint density at radius 2 is 2.16 bits per heavy atom. The van der Waals surface area contributed by atoms with Crippen LogP contribution < -0.4 is 5.32 Å². The summed E-state index contributed by atoms with van der Waals surface area (Å²) in [6.07, 6.45) is 4.62. The fourth-order valence-electron chi connectivity index (χ4n) is 3.69. The second-order valence-electron chi connectivity index (χ2n) is 6.60. The van der Waals surface area contributed by atoms with Crippen LogP contribution in [0, 0.1) is 5.92 Å². The van der Waals surface area contributed by atoms with Gasteiger partial charge in [0.2, 0.25) is 0 Å². The van der Waals surface area contributed by atoms with E-state index in [-0.39, 0.29) is 17.9 Å². The van der Waals surface area contributed by atoms with Crippen molar-refractivity contribution < 1.29 is 5.11 Å². The molecule has 6 nitrogen and oxygen atoms in total. The van der Waals surface area contributed by atoms with E-state index in [0.29, 0.717) is 11.6 Å². The molecule has 7 heteroatoms. The van der Waals surface area contributed by atoms with Crippen molar-refractivity contribution in [3.8, 4) is 0 Å². The quantitative estimate of drug-likeness (QED) is 0.653. The Bertz CT molecular complexity index is 854. The van der Waals surface area contributed by atoms with E-state index in [1.807, 2.05) is 24.3 Å². The van der Waals surface area contributed by atoms with E-state index in [2.05, 4.69) is 25.5 Å². The van der Waals surface area contributed by atoms with Gasteiger partial charge in [0.05, 0.1) is 11.6 Å². The minimum Gasteiger partial charge on any atom is -0.393 e. The highest BCUT2D eigenvalue weighted by atomic mass is 35.5. The lowest BCUT2D eigenvalue weighted by molar-refractivity contribution is 0.131. The smallest absolute Gasteiger partial charge is 0.137 e. The summed E-state index contributed by atoms with van der Waals surface area (Å²) in [4.78, 5) is 8.68. The highest BCUT2D eigenvalue weighted by molar-refractivity contribution is 6.35. The van der Waals surface area contributed by atoms with Gasteiger partial charge >= 0.3 is 0 Å². The van der Waals surface area contributed by atoms with Crippen LogP contribution in [0.1, 0.15) is 30.1 Å². The molecule has 2 heterocycles. The average Bonchev–Trinajstić information content (AvgIpc) is 3.27. The van der Waals surface area contributed by atoms with Crippen molar-refractivity contribution in [2.24, 2.45) is 5.92 Å². The molecule has 0 aliphatic heterocycles. The summed E-state index contributed by atoms with van der Waals surface area (Å²) < 4.78 is 0. The average molecular weight is 358 g/mol. The largest absolute Gasteiger partial charge is 0.393 e. The van der Waals surface area contributed by atoms with Crippen molar-refractivity contribution in [3.63, 3.8) is 0 Å². The predicted octanol–water partition coefficient (Wildman–Crippen LogP) is 2.65. The molecule has 2 aromatic heterocycles. The van der Waals surface area contributed by atoms with Gasteiger partial charge in [0, 0.05) is 35.6 Å². The monoisotopic (exact) mass is 357 g/mol. The number of aliphatic hydroxyl groups is 1. The number of aromatic nitrogens is 4. The minimum atomic E-state index is -0.317. The molecule has 3 aromatic rings. The van der Waals surface area contributed by atoms with Crippen LogP contribution in [-0.4, -0.2) is 37.9 Å². The van der Waals surface area contributed by atoms with Gasteiger partial charge < -0.3 is 10.4 Å². The number of hydrogen-bond acceptors (Lipinski definition) is 5. The van der Waals surface area contributed by atoms with E-state index in [1.165, 1.54) is 6.33 Å². The number of aromatic amines is 1. The molecule has 0 radical (unpaired) electrons. The summed E-state index contributed by atoms with van der Waals surface area (Å²) in [6, 6.07) is 7.79. The second kappa shape index (κ2) is 7.07. The van der Waals surface area contributed by atoms with Gasteiger partial charge in [-0.25, -0.2) is 4.98 Å². The van der Waals surface area contributed by atoms with Gasteiger partial charge in [0.25, 0.3) is 0 Å². The van der Waals surface area contributed by atoms with E-state index < -0.39 is 0 Å². The normalized spacial score (nSPS) is 23.4. The molecule has 1 aliphatic rings. The fourth-order valence-corrected chi connectivity index (χ4v) is 3.90. The van der Waals surface area contributed by atoms with Crippen molar-refractivity contribution in [1.82, 2.24) is 25.5 Å². The van der Waals surface area contributed by atoms with Crippen LogP contribution in [0.15, 0.2) is 36.8 Å². The molecule has 1 unspecified atom stereocenters. The Balaban J connectivity index is 1.39. The first kappa shape index (κ1) is 16.4. The third-order valence-corrected chi connectivity index (χ3v) is 5.33. The Hall–Kier alpha value is -2.02. The second-order valence-corrected chi connectivity index (χ2v) is 7.01. The Morgan fingerprint density at radius 3 is 3.00 bits per heavy atom. The Morgan fingerprint density at radius 1 is 1.24 bits per heavy atom. The van der Waals surface area contributed by atoms with Gasteiger partial charge in [0.1, 0.15) is 12.2 Å². The first-order chi connectivity index (χ1) is 12.2. The van der Waals surface area contributed by atoms with Gasteiger partial charge in [-0.05, 0) is 42.5 Å². The predicted molar refractivity (Wildman–Crippen MR) is 96.3 cm³/mol. The molecule has 130 valence electrons. The minimum absolute atomic E-state index is 0.210. The number of hydrogen-bond donors (Lipinski definition) is 3. The zero-order valence-electron chi connectivity index (χ0n) is 13.7. The molecule has 0 amide bonds. The number of nitrogens with zero attached hydrogens (tertiary/aromatic N) is 3. The van der Waals surface area contributed by atoms with Gasteiger partial charge in [0.15, 0.2) is 0 Å². The van der Waals surface area contributed by atoms with Crippen molar-refractivity contribution in [2.45, 2.75) is 31.4 Å². The summed E-state index contributed by atoms with van der Waals surface area (Å²) in [6.45, 7) is 1.45. The maximum atomic E-state index is 10.3. The first-order valence-electron chi connectivity index (χ1n) is 8.48. The van der Waals surface area contributed by atoms with Crippen LogP contribution in [0.25, 0.3) is 10.9 Å². The van der Waals surface area contributed by atoms with Gasteiger partial charge in [-0.3, -0.25) is 10.1 Å². The number of benzene rings is 1. The lowest BCUT2D eigenvalue weighted by atomic mass is 10.0. The fraction of sp³-hybridized carbons (Fsp3) is 0.389. The van der Waals surface area contributed by atoms with Crippen molar-refractivity contribution in [3.05, 3.63) is 53.2 Å². The molecule has 1 aromatic carbocycles. The molecule has 0 bridgehead atoms. The SMILES string of the molecule is O[C@@H]1CC(c2ncn[nH]2)C[C@@H]1CNCc1ccc(Cl)c2cccnc12. The van der Waals surface area contributed by atoms with Crippen LogP contribution >= 0.6 is 11.6 Å². The molecule has 4 rings (SSSR count). The zero-order chi connectivity index (χ0) is 17.2. The summed E-state index contributed by atoms with van der Waals surface area (Å²) >= 11 is 6.24. The van der Waals surface area contributed by atoms with Crippen molar-refractivity contribution in [1.29, 1.82) is 0 Å². The Kier molecular flexibility index (Phi) is 4.65. The van der Waals surface area contributed by atoms with E-state index in [1.54, 1.807) is 6.20 Å². The van der Waals surface area contributed by atoms with E-state index in [9.17, 15) is 5.11 Å². The van der Waals surface area contributed by atoms with Gasteiger partial charge in [-0.15, -0.1) is 0 Å². The third kappa shape index (κ3) is 3.38. The third-order valence-electron chi connectivity index (χ3n) is 5.00. The summed E-state index contributed by atoms with van der Waals surface area (Å²) in [5, 5.41) is 22.3. The number of halogens is 1. The lowest BCUT2D eigenvalue weighted by Crippen LogP contribution is -2.27. The summed E-state index contributed by atoms with van der Waals surface area (Å²) in [5.41, 5.74) is 2.04. The first-order valence-corrected chi connectivity index (χ1v) is 8.86. The van der Waals surface area contributed by atoms with E-state index >= 15 is 0 Å². The molecule has 3 atom stereocenters. The molecule has 1 fully saturated rings. The maximum Gasteiger partial charge on any atom is 0.137 e. The summed E-state index contributed by atoms with van der Waals surface area (Å²) in [7, 11) is 0. The van der Waals surface area contributed by atoms with Crippen LogP contribution in [0.4, 0.5) is 0 Å². The number of nitrogens with one attached hydrogen (secondary N) is 2. The molecule has 1 saturated carbocycles. The maximum absolute atomic E-state index is 10.3. The summed E-state index contributed by atoms with van der Waals surface area (Å²) in [5.74, 6) is 1.33. The highest BCUT2D eigenvalue weighted by Gasteiger charge is 2.34. The van der Waals surface area contributed by atoms with Crippen molar-refractivity contribution in [2.75, 3.05) is 6.54 Å². The lowest BCUT2D eigenvalue weighted by Gasteiger charge is -2.15. The van der Waals surface area contributed by atoms with Crippen molar-refractivity contribution >= 4 is 22.5 Å². The number of pyridine rings is 1. The molecule has 0 spiro atoms. The molecule has 3 N–H and O–H groups in total. The molecular formula is C18H20ClN5O. The number of fused-ring (bicyclic) bond motifs is 1. The van der Waals surface area contributed by atoms with E-state index in [4.69, 9.17) is 11.6 Å². The van der Waals surface area contributed by atoms with Gasteiger partial charge in [-0.1, -0.05) is 17.7 Å². The number of aliphatic hydroxyl groups excluding tert-OH is 1. The topological polar surface area (TPSA) is 86.7 Å². The zero-order valence-corrected chi connectivity index (χ0v) is 14.4. The molecule has 1 aliphatic carbocycles. The molecular weight excluding hydrogens is 338 g/mol. The van der Waals surface area contributed by atoms with Gasteiger partial charge in [-0.2, -0.15) is 5.10 Å². The molecule has 25 heavy (non-hydrogen) atoms. The van der Waals surface area contributed by atoms with Crippen LogP contribution in [0.5, 0.6) is 0 Å². The molecule has 0 saturated heterocycles. The van der Waals surface area contributed by atoms with E-state index in [0.717, 1.165) is 41.7 Å². The number of H-pyrrole nitrogens is 1. The van der Waals surface area contributed by atoms with Crippen LogP contribution in [-0.2, 0) is 6.54 Å². The van der Waals surface area contributed by atoms with Crippen LogP contribution in [0.3, 0.4) is 0 Å². The highest BCUT2D eigenvalue weighted by Crippen LogP contribution is 2.36. The standard InChI is InChI=1S/C18H20ClN5O/c19-15-4-3-11(17-14(15)2-1-5-21-17)8-20-9-13-6-12(7-16(13)25)18-22-10-23-24-18/h1-5,10,12-13,16,20,25H,6-9H2,(H,22,23,24)/t12?,13-,16-/m1/s1.